The van der Waals surface area contributed by atoms with Gasteiger partial charge in [0.05, 0.1) is 24.4 Å². The largest absolute Gasteiger partial charge is 0.350 e. The summed E-state index contributed by atoms with van der Waals surface area (Å²) in [6.07, 6.45) is 7.71. The van der Waals surface area contributed by atoms with Crippen LogP contribution >= 0.6 is 11.6 Å². The van der Waals surface area contributed by atoms with Crippen molar-refractivity contribution in [1.82, 2.24) is 25.1 Å². The van der Waals surface area contributed by atoms with E-state index in [9.17, 15) is 4.79 Å². The molecule has 1 aliphatic rings. The number of aromatic nitrogens is 4. The lowest BCUT2D eigenvalue weighted by molar-refractivity contribution is -0.123. The molecule has 1 N–H and O–H groups in total. The zero-order valence-corrected chi connectivity index (χ0v) is 12.5. The van der Waals surface area contributed by atoms with Crippen molar-refractivity contribution in [2.45, 2.75) is 31.7 Å². The molecule has 21 heavy (non-hydrogen) atoms. The van der Waals surface area contributed by atoms with Crippen molar-refractivity contribution in [1.29, 1.82) is 0 Å². The van der Waals surface area contributed by atoms with E-state index in [4.69, 9.17) is 11.6 Å². The molecular weight excluding hydrogens is 290 g/mol. The van der Waals surface area contributed by atoms with Crippen LogP contribution in [0.15, 0.2) is 18.6 Å². The van der Waals surface area contributed by atoms with E-state index < -0.39 is 0 Å². The fourth-order valence-corrected chi connectivity index (χ4v) is 2.91. The molecule has 2 aromatic heterocycles. The topological polar surface area (TPSA) is 72.7 Å². The Morgan fingerprint density at radius 1 is 1.48 bits per heavy atom. The van der Waals surface area contributed by atoms with E-state index in [2.05, 4.69) is 20.4 Å². The lowest BCUT2D eigenvalue weighted by atomic mass is 9.86. The molecule has 0 saturated heterocycles. The van der Waals surface area contributed by atoms with E-state index in [1.165, 1.54) is 6.20 Å². The Morgan fingerprint density at radius 2 is 2.29 bits per heavy atom. The molecule has 3 rings (SSSR count). The number of nitrogens with zero attached hydrogens (tertiary/aromatic N) is 4. The van der Waals surface area contributed by atoms with E-state index in [0.29, 0.717) is 10.8 Å². The van der Waals surface area contributed by atoms with Crippen LogP contribution < -0.4 is 5.32 Å². The third-order valence-electron chi connectivity index (χ3n) is 3.85. The highest BCUT2D eigenvalue weighted by Gasteiger charge is 2.28. The predicted molar refractivity (Wildman–Crippen MR) is 77.8 cm³/mol. The van der Waals surface area contributed by atoms with E-state index >= 15 is 0 Å². The molecule has 110 valence electrons. The first-order valence-corrected chi connectivity index (χ1v) is 7.28. The minimum Gasteiger partial charge on any atom is -0.350 e. The number of amides is 1. The number of hydrogen-bond acceptors (Lipinski definition) is 4. The van der Waals surface area contributed by atoms with Crippen molar-refractivity contribution in [3.05, 3.63) is 40.7 Å². The van der Waals surface area contributed by atoms with E-state index in [1.54, 1.807) is 12.4 Å². The maximum absolute atomic E-state index is 12.4. The van der Waals surface area contributed by atoms with Crippen molar-refractivity contribution in [3.8, 4) is 0 Å². The standard InChI is InChI=1S/C14H16ClN5O/c1-20-12-4-2-3-9(10(12)7-19-20)14(21)18-8-11-13(15)17-6-5-16-11/h5-7,9H,2-4,8H2,1H3,(H,18,21)/t9-/m0/s1. The highest BCUT2D eigenvalue weighted by molar-refractivity contribution is 6.29. The van der Waals surface area contributed by atoms with Crippen LogP contribution in [0.3, 0.4) is 0 Å². The minimum atomic E-state index is -0.141. The molecular formula is C14H16ClN5O. The third-order valence-corrected chi connectivity index (χ3v) is 4.16. The first-order chi connectivity index (χ1) is 10.2. The Kier molecular flexibility index (Phi) is 3.88. The van der Waals surface area contributed by atoms with Gasteiger partial charge in [-0.15, -0.1) is 0 Å². The summed E-state index contributed by atoms with van der Waals surface area (Å²) in [6.45, 7) is 0.289. The lowest BCUT2D eigenvalue weighted by Gasteiger charge is -2.22. The Bertz CT molecular complexity index is 669. The minimum absolute atomic E-state index is 0.00864. The number of halogens is 1. The zero-order valence-electron chi connectivity index (χ0n) is 11.7. The maximum Gasteiger partial charge on any atom is 0.227 e. The zero-order chi connectivity index (χ0) is 14.8. The normalized spacial score (nSPS) is 17.3. The van der Waals surface area contributed by atoms with E-state index in [-0.39, 0.29) is 18.4 Å². The second-order valence-corrected chi connectivity index (χ2v) is 5.48. The van der Waals surface area contributed by atoms with Gasteiger partial charge in [0.1, 0.15) is 0 Å². The van der Waals surface area contributed by atoms with Crippen molar-refractivity contribution in [3.63, 3.8) is 0 Å². The van der Waals surface area contributed by atoms with Crippen LogP contribution in [0.2, 0.25) is 5.15 Å². The molecule has 6 nitrogen and oxygen atoms in total. The van der Waals surface area contributed by atoms with Crippen LogP contribution in [0.1, 0.15) is 35.7 Å². The predicted octanol–water partition coefficient (Wildman–Crippen LogP) is 1.60. The molecule has 7 heteroatoms. The summed E-state index contributed by atoms with van der Waals surface area (Å²) in [6, 6.07) is 0. The number of nitrogens with one attached hydrogen (secondary N) is 1. The molecule has 0 aliphatic heterocycles. The summed E-state index contributed by atoms with van der Waals surface area (Å²) in [5, 5.41) is 7.48. The number of rotatable bonds is 3. The lowest BCUT2D eigenvalue weighted by Crippen LogP contribution is -2.31. The molecule has 2 heterocycles. The van der Waals surface area contributed by atoms with Gasteiger partial charge in [0.15, 0.2) is 5.15 Å². The van der Waals surface area contributed by atoms with Gasteiger partial charge in [-0.25, -0.2) is 4.98 Å². The van der Waals surface area contributed by atoms with Gasteiger partial charge in [0.25, 0.3) is 0 Å². The number of carbonyl (C=O) groups excluding carboxylic acids is 1. The van der Waals surface area contributed by atoms with Crippen molar-refractivity contribution >= 4 is 17.5 Å². The van der Waals surface area contributed by atoms with Crippen LogP contribution in [-0.4, -0.2) is 25.7 Å². The van der Waals surface area contributed by atoms with E-state index in [1.807, 2.05) is 11.7 Å². The van der Waals surface area contributed by atoms with Crippen molar-refractivity contribution in [2.75, 3.05) is 0 Å². The second-order valence-electron chi connectivity index (χ2n) is 5.13. The van der Waals surface area contributed by atoms with Gasteiger partial charge in [-0.2, -0.15) is 5.10 Å². The number of aryl methyl sites for hydroxylation is 1. The molecule has 1 atom stereocenters. The van der Waals surface area contributed by atoms with Crippen LogP contribution in [0.4, 0.5) is 0 Å². The van der Waals surface area contributed by atoms with Gasteiger partial charge < -0.3 is 5.32 Å². The highest BCUT2D eigenvalue weighted by atomic mass is 35.5. The summed E-state index contributed by atoms with van der Waals surface area (Å²) in [4.78, 5) is 20.5. The van der Waals surface area contributed by atoms with Gasteiger partial charge in [-0.1, -0.05) is 11.6 Å². The van der Waals surface area contributed by atoms with Gasteiger partial charge in [-0.3, -0.25) is 14.5 Å². The fraction of sp³-hybridized carbons (Fsp3) is 0.429. The Labute approximate surface area is 127 Å². The molecule has 1 aliphatic carbocycles. The van der Waals surface area contributed by atoms with Gasteiger partial charge in [0.2, 0.25) is 5.91 Å². The van der Waals surface area contributed by atoms with Crippen molar-refractivity contribution < 1.29 is 4.79 Å². The second kappa shape index (κ2) is 5.81. The van der Waals surface area contributed by atoms with Crippen LogP contribution in [-0.2, 0) is 24.8 Å². The Morgan fingerprint density at radius 3 is 3.10 bits per heavy atom. The molecule has 0 spiro atoms. The first-order valence-electron chi connectivity index (χ1n) is 6.90. The third kappa shape index (κ3) is 2.76. The molecule has 0 bridgehead atoms. The summed E-state index contributed by atoms with van der Waals surface area (Å²) in [7, 11) is 1.92. The number of fused-ring (bicyclic) bond motifs is 1. The van der Waals surface area contributed by atoms with Gasteiger partial charge >= 0.3 is 0 Å². The smallest absolute Gasteiger partial charge is 0.227 e. The molecule has 0 saturated carbocycles. The quantitative estimate of drug-likeness (QED) is 0.935. The van der Waals surface area contributed by atoms with Crippen LogP contribution in [0, 0.1) is 0 Å². The Hall–Kier alpha value is -1.95. The maximum atomic E-state index is 12.4. The monoisotopic (exact) mass is 305 g/mol. The molecule has 2 aromatic rings. The molecule has 1 amide bonds. The highest BCUT2D eigenvalue weighted by Crippen LogP contribution is 2.31. The molecule has 0 radical (unpaired) electrons. The molecule has 0 fully saturated rings. The number of carbonyl (C=O) groups is 1. The summed E-state index contributed by atoms with van der Waals surface area (Å²) < 4.78 is 1.86. The summed E-state index contributed by atoms with van der Waals surface area (Å²) >= 11 is 5.94. The summed E-state index contributed by atoms with van der Waals surface area (Å²) in [5.41, 5.74) is 2.76. The molecule has 0 unspecified atom stereocenters. The van der Waals surface area contributed by atoms with Crippen LogP contribution in [0.5, 0.6) is 0 Å². The SMILES string of the molecule is Cn1ncc2c1CCC[C@@H]2C(=O)NCc1nccnc1Cl. The molecule has 0 aromatic carbocycles. The summed E-state index contributed by atoms with van der Waals surface area (Å²) in [5.74, 6) is -0.149. The Balaban J connectivity index is 1.71. The van der Waals surface area contributed by atoms with Gasteiger partial charge in [-0.05, 0) is 19.3 Å². The fourth-order valence-electron chi connectivity index (χ4n) is 2.74. The average molecular weight is 306 g/mol. The average Bonchev–Trinajstić information content (AvgIpc) is 2.88. The van der Waals surface area contributed by atoms with Crippen molar-refractivity contribution in [2.24, 2.45) is 7.05 Å². The van der Waals surface area contributed by atoms with Gasteiger partial charge in [0, 0.05) is 30.7 Å². The number of hydrogen-bond donors (Lipinski definition) is 1. The first kappa shape index (κ1) is 14.0. The van der Waals surface area contributed by atoms with Crippen LogP contribution in [0.25, 0.3) is 0 Å². The van der Waals surface area contributed by atoms with E-state index in [0.717, 1.165) is 30.5 Å².